The van der Waals surface area contributed by atoms with Crippen molar-refractivity contribution >= 4 is 5.82 Å². The molecule has 1 aromatic rings. The van der Waals surface area contributed by atoms with Gasteiger partial charge >= 0.3 is 0 Å². The minimum Gasteiger partial charge on any atom is -0.357 e. The van der Waals surface area contributed by atoms with Gasteiger partial charge in [-0.3, -0.25) is 0 Å². The number of aromatic nitrogens is 1. The van der Waals surface area contributed by atoms with Crippen LogP contribution in [0.5, 0.6) is 0 Å². The Kier molecular flexibility index (Phi) is 3.97. The highest BCUT2D eigenvalue weighted by Crippen LogP contribution is 2.46. The lowest BCUT2D eigenvalue weighted by atomic mass is 9.77. The van der Waals surface area contributed by atoms with Crippen molar-refractivity contribution in [3.05, 3.63) is 23.9 Å². The topological polar surface area (TPSA) is 28.2 Å². The number of nitrogens with one attached hydrogen (secondary N) is 1. The highest BCUT2D eigenvalue weighted by molar-refractivity contribution is 5.40. The van der Waals surface area contributed by atoms with Crippen molar-refractivity contribution in [2.24, 2.45) is 5.41 Å². The van der Waals surface area contributed by atoms with Gasteiger partial charge in [0.2, 0.25) is 0 Å². The molecule has 1 spiro atoms. The number of pyridine rings is 1. The Labute approximate surface area is 122 Å². The molecule has 20 heavy (non-hydrogen) atoms. The summed E-state index contributed by atoms with van der Waals surface area (Å²) in [6.45, 7) is 4.54. The zero-order valence-electron chi connectivity index (χ0n) is 12.9. The van der Waals surface area contributed by atoms with E-state index in [0.29, 0.717) is 11.5 Å². The largest absolute Gasteiger partial charge is 0.357 e. The predicted molar refractivity (Wildman–Crippen MR) is 84.1 cm³/mol. The molecule has 2 heterocycles. The number of anilines is 1. The molecule has 1 saturated carbocycles. The summed E-state index contributed by atoms with van der Waals surface area (Å²) in [5, 5.41) is 3.26. The first-order chi connectivity index (χ1) is 9.72. The summed E-state index contributed by atoms with van der Waals surface area (Å²) in [6, 6.07) is 4.78. The van der Waals surface area contributed by atoms with Gasteiger partial charge in [-0.05, 0) is 56.7 Å². The van der Waals surface area contributed by atoms with E-state index in [-0.39, 0.29) is 0 Å². The van der Waals surface area contributed by atoms with Crippen LogP contribution < -0.4 is 10.2 Å². The van der Waals surface area contributed by atoms with Crippen LogP contribution in [0.15, 0.2) is 18.3 Å². The quantitative estimate of drug-likeness (QED) is 0.913. The number of piperidine rings is 1. The van der Waals surface area contributed by atoms with Crippen molar-refractivity contribution in [1.29, 1.82) is 0 Å². The molecule has 0 amide bonds. The van der Waals surface area contributed by atoms with Gasteiger partial charge in [-0.1, -0.05) is 18.9 Å². The van der Waals surface area contributed by atoms with Crippen LogP contribution in [-0.2, 0) is 0 Å². The van der Waals surface area contributed by atoms with E-state index in [1.54, 1.807) is 0 Å². The van der Waals surface area contributed by atoms with Gasteiger partial charge in [-0.2, -0.15) is 0 Å². The number of hydrogen-bond donors (Lipinski definition) is 1. The minimum atomic E-state index is 0.375. The lowest BCUT2D eigenvalue weighted by Gasteiger charge is -2.40. The first-order valence-electron chi connectivity index (χ1n) is 8.11. The molecular formula is C17H27N3. The minimum absolute atomic E-state index is 0.375. The number of hydrogen-bond acceptors (Lipinski definition) is 3. The van der Waals surface area contributed by atoms with E-state index < -0.39 is 0 Å². The molecule has 1 aliphatic heterocycles. The molecule has 1 aliphatic carbocycles. The van der Waals surface area contributed by atoms with Crippen LogP contribution in [0.1, 0.15) is 57.1 Å². The molecule has 1 unspecified atom stereocenters. The molecule has 0 aromatic carbocycles. The first-order valence-corrected chi connectivity index (χ1v) is 8.11. The second kappa shape index (κ2) is 5.72. The molecule has 3 heteroatoms. The molecular weight excluding hydrogens is 246 g/mol. The molecule has 1 N–H and O–H groups in total. The van der Waals surface area contributed by atoms with Gasteiger partial charge in [0.05, 0.1) is 0 Å². The second-order valence-electron chi connectivity index (χ2n) is 6.65. The Morgan fingerprint density at radius 3 is 2.40 bits per heavy atom. The van der Waals surface area contributed by atoms with Crippen LogP contribution in [0.2, 0.25) is 0 Å². The molecule has 3 nitrogen and oxygen atoms in total. The lowest BCUT2D eigenvalue weighted by molar-refractivity contribution is 0.226. The first kappa shape index (κ1) is 13.9. The summed E-state index contributed by atoms with van der Waals surface area (Å²) in [7, 11) is 1.99. The zero-order chi connectivity index (χ0) is 14.0. The van der Waals surface area contributed by atoms with Crippen molar-refractivity contribution < 1.29 is 0 Å². The average Bonchev–Trinajstić information content (AvgIpc) is 2.96. The highest BCUT2D eigenvalue weighted by atomic mass is 15.2. The molecule has 0 radical (unpaired) electrons. The average molecular weight is 273 g/mol. The van der Waals surface area contributed by atoms with Crippen LogP contribution in [0.25, 0.3) is 0 Å². The van der Waals surface area contributed by atoms with Gasteiger partial charge in [0, 0.05) is 25.3 Å². The Hall–Kier alpha value is -1.09. The Morgan fingerprint density at radius 2 is 1.85 bits per heavy atom. The maximum absolute atomic E-state index is 4.67. The fourth-order valence-electron chi connectivity index (χ4n) is 3.84. The van der Waals surface area contributed by atoms with Crippen LogP contribution >= 0.6 is 0 Å². The molecule has 2 fully saturated rings. The standard InChI is InChI=1S/C17H27N3/c1-14(18-2)15-5-6-16(19-13-15)20-11-9-17(10-12-20)7-3-4-8-17/h5-6,13-14,18H,3-4,7-12H2,1-2H3. The molecule has 110 valence electrons. The van der Waals surface area contributed by atoms with Gasteiger partial charge in [-0.15, -0.1) is 0 Å². The fourth-order valence-corrected chi connectivity index (χ4v) is 3.84. The zero-order valence-corrected chi connectivity index (χ0v) is 12.9. The van der Waals surface area contributed by atoms with Gasteiger partial charge in [-0.25, -0.2) is 4.98 Å². The molecule has 1 atom stereocenters. The van der Waals surface area contributed by atoms with Crippen molar-refractivity contribution in [2.75, 3.05) is 25.0 Å². The summed E-state index contributed by atoms with van der Waals surface area (Å²) in [5.74, 6) is 1.16. The molecule has 1 saturated heterocycles. The summed E-state index contributed by atoms with van der Waals surface area (Å²) in [6.07, 6.45) is 10.6. The number of rotatable bonds is 3. The fraction of sp³-hybridized carbons (Fsp3) is 0.706. The summed E-state index contributed by atoms with van der Waals surface area (Å²) in [4.78, 5) is 7.14. The molecule has 2 aliphatic rings. The van der Waals surface area contributed by atoms with Gasteiger partial charge in [0.1, 0.15) is 5.82 Å². The lowest BCUT2D eigenvalue weighted by Crippen LogP contribution is -2.39. The third-order valence-corrected chi connectivity index (χ3v) is 5.52. The maximum atomic E-state index is 4.67. The molecule has 1 aromatic heterocycles. The van der Waals surface area contributed by atoms with E-state index in [1.807, 2.05) is 13.2 Å². The predicted octanol–water partition coefficient (Wildman–Crippen LogP) is 3.52. The van der Waals surface area contributed by atoms with Crippen LogP contribution in [-0.4, -0.2) is 25.1 Å². The van der Waals surface area contributed by atoms with E-state index in [1.165, 1.54) is 57.2 Å². The highest BCUT2D eigenvalue weighted by Gasteiger charge is 2.37. The Morgan fingerprint density at radius 1 is 1.15 bits per heavy atom. The van der Waals surface area contributed by atoms with E-state index in [0.717, 1.165) is 5.82 Å². The van der Waals surface area contributed by atoms with E-state index in [9.17, 15) is 0 Å². The smallest absolute Gasteiger partial charge is 0.128 e. The third-order valence-electron chi connectivity index (χ3n) is 5.52. The van der Waals surface area contributed by atoms with Gasteiger partial charge < -0.3 is 10.2 Å². The molecule has 3 rings (SSSR count). The van der Waals surface area contributed by atoms with E-state index >= 15 is 0 Å². The van der Waals surface area contributed by atoms with Crippen LogP contribution in [0, 0.1) is 5.41 Å². The number of nitrogens with zero attached hydrogens (tertiary/aromatic N) is 2. The van der Waals surface area contributed by atoms with E-state index in [4.69, 9.17) is 0 Å². The van der Waals surface area contributed by atoms with Crippen LogP contribution in [0.4, 0.5) is 5.82 Å². The summed E-state index contributed by atoms with van der Waals surface area (Å²) < 4.78 is 0. The molecule has 0 bridgehead atoms. The Balaban J connectivity index is 1.63. The maximum Gasteiger partial charge on any atom is 0.128 e. The summed E-state index contributed by atoms with van der Waals surface area (Å²) in [5.41, 5.74) is 1.96. The summed E-state index contributed by atoms with van der Waals surface area (Å²) >= 11 is 0. The van der Waals surface area contributed by atoms with Gasteiger partial charge in [0.15, 0.2) is 0 Å². The monoisotopic (exact) mass is 273 g/mol. The van der Waals surface area contributed by atoms with Crippen LogP contribution in [0.3, 0.4) is 0 Å². The van der Waals surface area contributed by atoms with Crippen molar-refractivity contribution in [3.8, 4) is 0 Å². The third kappa shape index (κ3) is 2.69. The van der Waals surface area contributed by atoms with Crippen molar-refractivity contribution in [3.63, 3.8) is 0 Å². The second-order valence-corrected chi connectivity index (χ2v) is 6.65. The Bertz CT molecular complexity index is 424. The van der Waals surface area contributed by atoms with Crippen molar-refractivity contribution in [2.45, 2.75) is 51.5 Å². The van der Waals surface area contributed by atoms with Gasteiger partial charge in [0.25, 0.3) is 0 Å². The normalized spacial score (nSPS) is 23.2. The SMILES string of the molecule is CNC(C)c1ccc(N2CCC3(CCCC3)CC2)nc1. The van der Waals surface area contributed by atoms with Crippen molar-refractivity contribution in [1.82, 2.24) is 10.3 Å². The van der Waals surface area contributed by atoms with E-state index in [2.05, 4.69) is 34.3 Å².